The highest BCUT2D eigenvalue weighted by Gasteiger charge is 2.26. The number of amides is 2. The highest BCUT2D eigenvalue weighted by atomic mass is 19.1. The summed E-state index contributed by atoms with van der Waals surface area (Å²) in [6.45, 7) is 1.67. The summed E-state index contributed by atoms with van der Waals surface area (Å²) in [5.74, 6) is -0.276. The molecule has 2 rings (SSSR count). The molecule has 1 fully saturated rings. The highest BCUT2D eigenvalue weighted by molar-refractivity contribution is 5.83. The first-order chi connectivity index (χ1) is 10.6. The van der Waals surface area contributed by atoms with Gasteiger partial charge in [0.05, 0.1) is 0 Å². The molecule has 0 aromatic heterocycles. The number of rotatable bonds is 5. The summed E-state index contributed by atoms with van der Waals surface area (Å²) in [5.41, 5.74) is 1.03. The third-order valence-electron chi connectivity index (χ3n) is 3.86. The zero-order chi connectivity index (χ0) is 15.9. The monoisotopic (exact) mass is 307 g/mol. The summed E-state index contributed by atoms with van der Waals surface area (Å²) in [5, 5.41) is 5.69. The van der Waals surface area contributed by atoms with Crippen LogP contribution in [0.5, 0.6) is 0 Å². The van der Waals surface area contributed by atoms with Gasteiger partial charge in [-0.2, -0.15) is 0 Å². The molecule has 0 radical (unpaired) electrons. The molecule has 2 N–H and O–H groups in total. The molecule has 1 aliphatic heterocycles. The van der Waals surface area contributed by atoms with Crippen LogP contribution >= 0.6 is 0 Å². The maximum Gasteiger partial charge on any atom is 0.238 e. The predicted octanol–water partition coefficient (Wildman–Crippen LogP) is 0.695. The molecule has 1 atom stereocenters. The number of carbonyl (C=O) groups excluding carboxylic acids is 2. The minimum atomic E-state index is -0.334. The van der Waals surface area contributed by atoms with Crippen LogP contribution in [0.3, 0.4) is 0 Å². The summed E-state index contributed by atoms with van der Waals surface area (Å²) in [7, 11) is 1.59. The van der Waals surface area contributed by atoms with Gasteiger partial charge >= 0.3 is 0 Å². The first-order valence-electron chi connectivity index (χ1n) is 7.57. The topological polar surface area (TPSA) is 61.4 Å². The Balaban J connectivity index is 1.77. The quantitative estimate of drug-likeness (QED) is 0.841. The first kappa shape index (κ1) is 16.4. The molecule has 1 aromatic rings. The summed E-state index contributed by atoms with van der Waals surface area (Å²) >= 11 is 0. The minimum absolute atomic E-state index is 0.0671. The molecular formula is C16H22FN3O2. The van der Waals surface area contributed by atoms with Gasteiger partial charge in [-0.05, 0) is 30.5 Å². The normalized spacial score (nSPS) is 18.1. The van der Waals surface area contributed by atoms with E-state index in [4.69, 9.17) is 0 Å². The van der Waals surface area contributed by atoms with E-state index in [2.05, 4.69) is 10.6 Å². The van der Waals surface area contributed by atoms with Crippen molar-refractivity contribution < 1.29 is 14.0 Å². The Morgan fingerprint density at radius 3 is 2.77 bits per heavy atom. The average Bonchev–Trinajstić information content (AvgIpc) is 2.56. The maximum absolute atomic E-state index is 12.8. The fraction of sp³-hybridized carbons (Fsp3) is 0.500. The predicted molar refractivity (Wildman–Crippen MR) is 81.8 cm³/mol. The molecule has 0 aliphatic carbocycles. The zero-order valence-electron chi connectivity index (χ0n) is 12.8. The van der Waals surface area contributed by atoms with E-state index in [1.165, 1.54) is 12.1 Å². The number of hydrogen-bond donors (Lipinski definition) is 2. The van der Waals surface area contributed by atoms with E-state index < -0.39 is 0 Å². The second-order valence-electron chi connectivity index (χ2n) is 5.44. The van der Waals surface area contributed by atoms with Crippen LogP contribution < -0.4 is 10.6 Å². The molecule has 1 heterocycles. The van der Waals surface area contributed by atoms with Crippen LogP contribution in [0.1, 0.15) is 18.4 Å². The van der Waals surface area contributed by atoms with Gasteiger partial charge in [0, 0.05) is 33.1 Å². The number of nitrogens with zero attached hydrogens (tertiary/aromatic N) is 1. The van der Waals surface area contributed by atoms with Crippen molar-refractivity contribution in [2.75, 3.05) is 26.7 Å². The van der Waals surface area contributed by atoms with Crippen LogP contribution in [0.15, 0.2) is 24.3 Å². The van der Waals surface area contributed by atoms with Crippen molar-refractivity contribution in [1.29, 1.82) is 0 Å². The van der Waals surface area contributed by atoms with Crippen molar-refractivity contribution in [3.8, 4) is 0 Å². The van der Waals surface area contributed by atoms with Crippen LogP contribution in [-0.2, 0) is 16.0 Å². The Kier molecular flexibility index (Phi) is 5.89. The van der Waals surface area contributed by atoms with Crippen molar-refractivity contribution in [3.05, 3.63) is 35.6 Å². The number of nitrogens with one attached hydrogen (secondary N) is 2. The number of carbonyl (C=O) groups is 2. The Hall–Kier alpha value is -1.95. The molecule has 0 spiro atoms. The lowest BCUT2D eigenvalue weighted by Gasteiger charge is -2.32. The van der Waals surface area contributed by atoms with Crippen LogP contribution in [0, 0.1) is 5.82 Å². The summed E-state index contributed by atoms with van der Waals surface area (Å²) in [4.78, 5) is 25.6. The smallest absolute Gasteiger partial charge is 0.238 e. The number of likely N-dealkylation sites (N-methyl/N-ethyl adjacent to an activating group) is 1. The fourth-order valence-electron chi connectivity index (χ4n) is 2.58. The van der Waals surface area contributed by atoms with Crippen LogP contribution in [0.4, 0.5) is 4.39 Å². The molecule has 0 bridgehead atoms. The molecule has 0 unspecified atom stereocenters. The van der Waals surface area contributed by atoms with Crippen molar-refractivity contribution in [3.63, 3.8) is 0 Å². The van der Waals surface area contributed by atoms with Gasteiger partial charge in [-0.1, -0.05) is 12.1 Å². The Bertz CT molecular complexity index is 519. The van der Waals surface area contributed by atoms with Gasteiger partial charge in [-0.25, -0.2) is 4.39 Å². The van der Waals surface area contributed by atoms with Gasteiger partial charge in [-0.15, -0.1) is 0 Å². The number of benzene rings is 1. The number of aryl methyl sites for hydroxylation is 1. The number of hydrogen-bond acceptors (Lipinski definition) is 3. The van der Waals surface area contributed by atoms with Gasteiger partial charge < -0.3 is 15.5 Å². The van der Waals surface area contributed by atoms with Crippen molar-refractivity contribution in [1.82, 2.24) is 15.5 Å². The Morgan fingerprint density at radius 2 is 2.09 bits per heavy atom. The van der Waals surface area contributed by atoms with Crippen LogP contribution in [0.2, 0.25) is 0 Å². The highest BCUT2D eigenvalue weighted by Crippen LogP contribution is 2.09. The van der Waals surface area contributed by atoms with Crippen molar-refractivity contribution >= 4 is 11.8 Å². The summed E-state index contributed by atoms with van der Waals surface area (Å²) in [6.07, 6.45) is 1.91. The number of piperazine rings is 1. The van der Waals surface area contributed by atoms with Crippen molar-refractivity contribution in [2.45, 2.75) is 25.3 Å². The van der Waals surface area contributed by atoms with Gasteiger partial charge in [0.25, 0.3) is 0 Å². The molecule has 0 saturated carbocycles. The second-order valence-corrected chi connectivity index (χ2v) is 5.44. The molecule has 5 nitrogen and oxygen atoms in total. The third kappa shape index (κ3) is 4.53. The standard InChI is InChI=1S/C16H22FN3O2/c1-18-16(22)14-11-20(10-9-19-14)15(21)4-2-3-12-5-7-13(17)8-6-12/h5-8,14,19H,2-4,9-11H2,1H3,(H,18,22)/t14-/m0/s1. The molecular weight excluding hydrogens is 285 g/mol. The van der Waals surface area contributed by atoms with Gasteiger partial charge in [0.1, 0.15) is 11.9 Å². The lowest BCUT2D eigenvalue weighted by atomic mass is 10.1. The molecule has 1 saturated heterocycles. The van der Waals surface area contributed by atoms with E-state index >= 15 is 0 Å². The van der Waals surface area contributed by atoms with E-state index in [9.17, 15) is 14.0 Å². The van der Waals surface area contributed by atoms with Crippen LogP contribution in [-0.4, -0.2) is 49.4 Å². The molecule has 6 heteroatoms. The van der Waals surface area contributed by atoms with E-state index in [0.717, 1.165) is 18.4 Å². The molecule has 1 aromatic carbocycles. The molecule has 22 heavy (non-hydrogen) atoms. The Labute approximate surface area is 129 Å². The first-order valence-corrected chi connectivity index (χ1v) is 7.57. The maximum atomic E-state index is 12.8. The second kappa shape index (κ2) is 7.89. The molecule has 2 amide bonds. The van der Waals surface area contributed by atoms with Crippen molar-refractivity contribution in [2.24, 2.45) is 0 Å². The lowest BCUT2D eigenvalue weighted by molar-refractivity contribution is -0.134. The summed E-state index contributed by atoms with van der Waals surface area (Å²) < 4.78 is 12.8. The minimum Gasteiger partial charge on any atom is -0.358 e. The molecule has 1 aliphatic rings. The van der Waals surface area contributed by atoms with E-state index in [0.29, 0.717) is 26.1 Å². The number of halogens is 1. The van der Waals surface area contributed by atoms with Gasteiger partial charge in [0.2, 0.25) is 11.8 Å². The fourth-order valence-corrected chi connectivity index (χ4v) is 2.58. The lowest BCUT2D eigenvalue weighted by Crippen LogP contribution is -2.57. The Morgan fingerprint density at radius 1 is 1.36 bits per heavy atom. The van der Waals surface area contributed by atoms with Crippen LogP contribution in [0.25, 0.3) is 0 Å². The zero-order valence-corrected chi connectivity index (χ0v) is 12.8. The SMILES string of the molecule is CNC(=O)[C@@H]1CN(C(=O)CCCc2ccc(F)cc2)CCN1. The van der Waals surface area contributed by atoms with E-state index in [1.54, 1.807) is 24.1 Å². The average molecular weight is 307 g/mol. The van der Waals surface area contributed by atoms with Gasteiger partial charge in [0.15, 0.2) is 0 Å². The summed E-state index contributed by atoms with van der Waals surface area (Å²) in [6, 6.07) is 6.02. The molecule has 120 valence electrons. The van der Waals surface area contributed by atoms with E-state index in [1.807, 2.05) is 0 Å². The van der Waals surface area contributed by atoms with Gasteiger partial charge in [-0.3, -0.25) is 9.59 Å². The van der Waals surface area contributed by atoms with E-state index in [-0.39, 0.29) is 23.7 Å². The largest absolute Gasteiger partial charge is 0.358 e. The third-order valence-corrected chi connectivity index (χ3v) is 3.86.